The molecule has 0 aliphatic rings. The number of benzene rings is 4. The van der Waals surface area contributed by atoms with E-state index in [-0.39, 0.29) is 11.2 Å². The second kappa shape index (κ2) is 14.7. The van der Waals surface area contributed by atoms with Crippen LogP contribution in [-0.2, 0) is 25.9 Å². The summed E-state index contributed by atoms with van der Waals surface area (Å²) in [5.74, 6) is 1.35. The lowest BCUT2D eigenvalue weighted by Gasteiger charge is -2.18. The van der Waals surface area contributed by atoms with Crippen LogP contribution in [0.5, 0.6) is 0 Å². The molecule has 1 atom stereocenters. The molecule has 0 bridgehead atoms. The maximum atomic E-state index is 14.6. The zero-order valence-corrected chi connectivity index (χ0v) is 28.4. The molecule has 10 nitrogen and oxygen atoms in total. The molecule has 3 aromatic heterocycles. The number of hydrogen-bond acceptors (Lipinski definition) is 6. The van der Waals surface area contributed by atoms with Gasteiger partial charge in [-0.1, -0.05) is 129 Å². The number of nitrogens with zero attached hydrogens (tertiary/aromatic N) is 7. The van der Waals surface area contributed by atoms with Gasteiger partial charge in [0.25, 0.3) is 5.56 Å². The van der Waals surface area contributed by atoms with E-state index in [9.17, 15) is 9.59 Å². The molecule has 4 aromatic carbocycles. The molecule has 3 heterocycles. The third-order valence-corrected chi connectivity index (χ3v) is 9.40. The van der Waals surface area contributed by atoms with Gasteiger partial charge in [0.1, 0.15) is 5.82 Å². The van der Waals surface area contributed by atoms with Crippen molar-refractivity contribution in [1.29, 1.82) is 0 Å². The highest BCUT2D eigenvalue weighted by Crippen LogP contribution is 2.30. The van der Waals surface area contributed by atoms with E-state index in [2.05, 4.69) is 63.9 Å². The summed E-state index contributed by atoms with van der Waals surface area (Å²) in [5, 5.41) is 14.6. The Balaban J connectivity index is 1.34. The van der Waals surface area contributed by atoms with E-state index in [1.165, 1.54) is 4.57 Å². The van der Waals surface area contributed by atoms with Gasteiger partial charge in [-0.3, -0.25) is 13.9 Å². The molecule has 0 saturated heterocycles. The first kappa shape index (κ1) is 32.6. The molecule has 0 fully saturated rings. The molecule has 0 aliphatic carbocycles. The van der Waals surface area contributed by atoms with Crippen LogP contribution in [0.4, 0.5) is 0 Å². The number of aromatic nitrogens is 8. The summed E-state index contributed by atoms with van der Waals surface area (Å²) in [6, 6.07) is 35.7. The Morgan fingerprint density at radius 1 is 0.740 bits per heavy atom. The summed E-state index contributed by atoms with van der Waals surface area (Å²) in [5.41, 5.74) is 6.16. The molecule has 0 amide bonds. The van der Waals surface area contributed by atoms with E-state index in [1.54, 1.807) is 4.57 Å². The van der Waals surface area contributed by atoms with Crippen LogP contribution in [0.1, 0.15) is 61.7 Å². The average Bonchev–Trinajstić information content (AvgIpc) is 3.82. The Hall–Kier alpha value is -5.90. The fourth-order valence-corrected chi connectivity index (χ4v) is 6.69. The predicted octanol–water partition coefficient (Wildman–Crippen LogP) is 6.84. The van der Waals surface area contributed by atoms with Crippen molar-refractivity contribution in [3.63, 3.8) is 0 Å². The first-order chi connectivity index (χ1) is 24.5. The highest BCUT2D eigenvalue weighted by Gasteiger charge is 2.25. The van der Waals surface area contributed by atoms with E-state index in [1.807, 2.05) is 84.3 Å². The molecule has 0 saturated carbocycles. The number of unbranched alkanes of at least 4 members (excludes halogenated alkanes) is 2. The van der Waals surface area contributed by atoms with Crippen molar-refractivity contribution in [2.45, 2.75) is 65.1 Å². The van der Waals surface area contributed by atoms with Crippen molar-refractivity contribution >= 4 is 11.2 Å². The largest absolute Gasteiger partial charge is 0.333 e. The molecule has 0 spiro atoms. The fourth-order valence-electron chi connectivity index (χ4n) is 6.69. The first-order valence-electron chi connectivity index (χ1n) is 17.3. The van der Waals surface area contributed by atoms with E-state index in [0.29, 0.717) is 42.9 Å². The average molecular weight is 665 g/mol. The lowest BCUT2D eigenvalue weighted by atomic mass is 9.98. The topological polar surface area (TPSA) is 116 Å². The normalized spacial score (nSPS) is 12.0. The first-order valence-corrected chi connectivity index (χ1v) is 17.3. The second-order valence-corrected chi connectivity index (χ2v) is 12.7. The van der Waals surface area contributed by atoms with Crippen LogP contribution in [0, 0.1) is 0 Å². The van der Waals surface area contributed by atoms with Gasteiger partial charge >= 0.3 is 5.69 Å². The molecular formula is C40H40N8O2. The Labute approximate surface area is 290 Å². The monoisotopic (exact) mass is 664 g/mol. The number of nitrogens with one attached hydrogen (secondary N) is 1. The zero-order valence-electron chi connectivity index (χ0n) is 28.4. The third-order valence-electron chi connectivity index (χ3n) is 9.40. The summed E-state index contributed by atoms with van der Waals surface area (Å²) in [6.45, 7) is 4.93. The maximum absolute atomic E-state index is 14.6. The smallest absolute Gasteiger partial charge is 0.318 e. The van der Waals surface area contributed by atoms with Crippen molar-refractivity contribution in [3.05, 3.63) is 153 Å². The molecule has 50 heavy (non-hydrogen) atoms. The van der Waals surface area contributed by atoms with Crippen LogP contribution in [0.25, 0.3) is 33.7 Å². The summed E-state index contributed by atoms with van der Waals surface area (Å²) in [7, 11) is 0. The summed E-state index contributed by atoms with van der Waals surface area (Å²) in [6.07, 6.45) is 4.40. The van der Waals surface area contributed by atoms with Gasteiger partial charge in [-0.25, -0.2) is 9.78 Å². The fraction of sp³-hybridized carbons (Fsp3) is 0.250. The van der Waals surface area contributed by atoms with Gasteiger partial charge in [0, 0.05) is 25.1 Å². The van der Waals surface area contributed by atoms with E-state index < -0.39 is 6.04 Å². The number of tetrazole rings is 1. The molecule has 1 unspecified atom stereocenters. The third kappa shape index (κ3) is 6.56. The number of rotatable bonds is 13. The number of fused-ring (bicyclic) bond motifs is 1. The molecular weight excluding hydrogens is 624 g/mol. The van der Waals surface area contributed by atoms with Crippen LogP contribution < -0.4 is 11.2 Å². The number of aromatic amines is 1. The minimum absolute atomic E-state index is 0.322. The summed E-state index contributed by atoms with van der Waals surface area (Å²) in [4.78, 5) is 34.0. The number of H-pyrrole nitrogens is 1. The quantitative estimate of drug-likeness (QED) is 0.135. The van der Waals surface area contributed by atoms with Gasteiger partial charge in [0.05, 0.1) is 6.04 Å². The van der Waals surface area contributed by atoms with Crippen molar-refractivity contribution in [1.82, 2.24) is 39.3 Å². The molecule has 0 radical (unpaired) electrons. The lowest BCUT2D eigenvalue weighted by Crippen LogP contribution is -2.42. The van der Waals surface area contributed by atoms with Crippen molar-refractivity contribution in [3.8, 4) is 22.5 Å². The van der Waals surface area contributed by atoms with Gasteiger partial charge in [0.2, 0.25) is 5.82 Å². The molecule has 0 aliphatic heterocycles. The molecule has 252 valence electrons. The number of aryl methyl sites for hydroxylation is 3. The van der Waals surface area contributed by atoms with Gasteiger partial charge in [-0.05, 0) is 52.8 Å². The van der Waals surface area contributed by atoms with Gasteiger partial charge < -0.3 is 4.57 Å². The second-order valence-electron chi connectivity index (χ2n) is 12.7. The van der Waals surface area contributed by atoms with Crippen molar-refractivity contribution in [2.24, 2.45) is 0 Å². The Kier molecular flexibility index (Phi) is 9.59. The lowest BCUT2D eigenvalue weighted by molar-refractivity contribution is 0.533. The molecule has 7 aromatic rings. The van der Waals surface area contributed by atoms with Gasteiger partial charge in [-0.2, -0.15) is 5.21 Å². The Morgan fingerprint density at radius 2 is 1.44 bits per heavy atom. The zero-order chi connectivity index (χ0) is 34.5. The van der Waals surface area contributed by atoms with E-state index in [4.69, 9.17) is 4.98 Å². The molecule has 10 heteroatoms. The highest BCUT2D eigenvalue weighted by atomic mass is 16.2. The van der Waals surface area contributed by atoms with Crippen LogP contribution in [-0.4, -0.2) is 39.3 Å². The van der Waals surface area contributed by atoms with Gasteiger partial charge in [-0.15, -0.1) is 10.2 Å². The summed E-state index contributed by atoms with van der Waals surface area (Å²) < 4.78 is 5.16. The standard InChI is InChI=1S/C40H40N8O2/c1-3-4-7-20-35-41-38-36(47(35)27-30-21-23-32(24-22-30)33-18-12-13-19-34(33)37-42-44-45-43-37)39(49)48(28(2)31-16-10-6-11-17-31)40(50)46(38)26-25-29-14-8-5-9-15-29/h5-6,8-19,21-24,28H,3-4,7,20,25-27H2,1-2H3,(H,42,43,44,45). The highest BCUT2D eigenvalue weighted by molar-refractivity contribution is 5.80. The van der Waals surface area contributed by atoms with Crippen LogP contribution >= 0.6 is 0 Å². The molecule has 7 rings (SSSR count). The SMILES string of the molecule is CCCCCc1nc2c(c(=O)n(C(C)c3ccccc3)c(=O)n2CCc2ccccc2)n1Cc1ccc(-c2ccccc2-c2nn[nH]n2)cc1. The van der Waals surface area contributed by atoms with Gasteiger partial charge in [0.15, 0.2) is 11.2 Å². The minimum atomic E-state index is -0.464. The van der Waals surface area contributed by atoms with Crippen LogP contribution in [0.15, 0.2) is 119 Å². The Bertz CT molecular complexity index is 2310. The van der Waals surface area contributed by atoms with Crippen molar-refractivity contribution in [2.75, 3.05) is 0 Å². The van der Waals surface area contributed by atoms with Crippen LogP contribution in [0.3, 0.4) is 0 Å². The minimum Gasteiger partial charge on any atom is -0.318 e. The Morgan fingerprint density at radius 3 is 2.14 bits per heavy atom. The number of hydrogen-bond donors (Lipinski definition) is 1. The van der Waals surface area contributed by atoms with E-state index >= 15 is 0 Å². The van der Waals surface area contributed by atoms with Crippen molar-refractivity contribution < 1.29 is 0 Å². The number of imidazole rings is 1. The predicted molar refractivity (Wildman–Crippen MR) is 196 cm³/mol. The van der Waals surface area contributed by atoms with Crippen LogP contribution in [0.2, 0.25) is 0 Å². The van der Waals surface area contributed by atoms with E-state index in [0.717, 1.165) is 58.5 Å². The molecule has 1 N–H and O–H groups in total. The summed E-state index contributed by atoms with van der Waals surface area (Å²) >= 11 is 0. The maximum Gasteiger partial charge on any atom is 0.333 e.